The van der Waals surface area contributed by atoms with Crippen LogP contribution in [0.25, 0.3) is 11.1 Å². The molecule has 1 amide bonds. The van der Waals surface area contributed by atoms with Gasteiger partial charge in [-0.25, -0.2) is 4.79 Å². The van der Waals surface area contributed by atoms with E-state index in [9.17, 15) is 9.59 Å². The summed E-state index contributed by atoms with van der Waals surface area (Å²) in [5.74, 6) is 0.0714. The van der Waals surface area contributed by atoms with E-state index in [4.69, 9.17) is 4.74 Å². The molecule has 1 fully saturated rings. The molecule has 0 aliphatic carbocycles. The third-order valence-electron chi connectivity index (χ3n) is 5.04. The summed E-state index contributed by atoms with van der Waals surface area (Å²) in [4.78, 5) is 25.5. The number of aryl methyl sites for hydroxylation is 1. The molecule has 2 heterocycles. The lowest BCUT2D eigenvalue weighted by Crippen LogP contribution is -2.42. The molecule has 6 nitrogen and oxygen atoms in total. The van der Waals surface area contributed by atoms with Gasteiger partial charge >= 0.3 is 6.09 Å². The van der Waals surface area contributed by atoms with Crippen LogP contribution in [0, 0.1) is 6.92 Å². The largest absolute Gasteiger partial charge is 0.444 e. The maximum atomic E-state index is 12.2. The highest BCUT2D eigenvalue weighted by Gasteiger charge is 2.28. The number of hydrogen-bond acceptors (Lipinski definition) is 4. The Balaban J connectivity index is 1.66. The molecule has 150 valence electrons. The number of likely N-dealkylation sites (tertiary alicyclic amines) is 1. The second-order valence-corrected chi connectivity index (χ2v) is 8.49. The van der Waals surface area contributed by atoms with Gasteiger partial charge in [-0.2, -0.15) is 5.10 Å². The molecular weight excluding hydrogens is 354 g/mol. The van der Waals surface area contributed by atoms with Gasteiger partial charge in [0.2, 0.25) is 0 Å². The zero-order valence-electron chi connectivity index (χ0n) is 17.4. The van der Waals surface area contributed by atoms with Crippen LogP contribution in [0.2, 0.25) is 0 Å². The summed E-state index contributed by atoms with van der Waals surface area (Å²) >= 11 is 0. The van der Waals surface area contributed by atoms with Crippen LogP contribution in [0.15, 0.2) is 30.6 Å². The summed E-state index contributed by atoms with van der Waals surface area (Å²) in [6, 6.07) is 6.04. The first-order chi connectivity index (χ1) is 13.1. The molecule has 2 aromatic rings. The Hall–Kier alpha value is -2.63. The van der Waals surface area contributed by atoms with Crippen molar-refractivity contribution in [2.45, 2.75) is 59.1 Å². The number of ether oxygens (including phenoxy) is 1. The van der Waals surface area contributed by atoms with E-state index >= 15 is 0 Å². The lowest BCUT2D eigenvalue weighted by molar-refractivity contribution is 0.0184. The summed E-state index contributed by atoms with van der Waals surface area (Å²) in [5, 5.41) is 4.56. The predicted octanol–water partition coefficient (Wildman–Crippen LogP) is 4.63. The fourth-order valence-corrected chi connectivity index (χ4v) is 3.52. The molecule has 6 heteroatoms. The van der Waals surface area contributed by atoms with Gasteiger partial charge in [-0.15, -0.1) is 0 Å². The van der Waals surface area contributed by atoms with Gasteiger partial charge in [0.25, 0.3) is 0 Å². The lowest BCUT2D eigenvalue weighted by atomic mass is 9.99. The minimum atomic E-state index is -0.472. The average Bonchev–Trinajstić information content (AvgIpc) is 3.10. The smallest absolute Gasteiger partial charge is 0.410 e. The fourth-order valence-electron chi connectivity index (χ4n) is 3.52. The van der Waals surface area contributed by atoms with E-state index < -0.39 is 5.60 Å². The molecule has 1 saturated heterocycles. The number of nitrogens with zero attached hydrogens (tertiary/aromatic N) is 3. The number of carbonyl (C=O) groups is 2. The summed E-state index contributed by atoms with van der Waals surface area (Å²) in [5.41, 5.74) is 3.44. The summed E-state index contributed by atoms with van der Waals surface area (Å²) in [7, 11) is 0. The fraction of sp³-hybridized carbons (Fsp3) is 0.500. The second kappa shape index (κ2) is 7.78. The highest BCUT2D eigenvalue weighted by molar-refractivity contribution is 5.94. The monoisotopic (exact) mass is 383 g/mol. The first-order valence-corrected chi connectivity index (χ1v) is 9.78. The minimum absolute atomic E-state index is 0.0714. The highest BCUT2D eigenvalue weighted by Crippen LogP contribution is 2.28. The minimum Gasteiger partial charge on any atom is -0.444 e. The molecule has 1 aromatic heterocycles. The number of benzene rings is 1. The molecular formula is C22H29N3O3. The van der Waals surface area contributed by atoms with E-state index in [2.05, 4.69) is 11.3 Å². The number of aromatic nitrogens is 2. The first kappa shape index (κ1) is 20.1. The Morgan fingerprint density at radius 1 is 1.18 bits per heavy atom. The molecule has 1 aliphatic rings. The maximum Gasteiger partial charge on any atom is 0.410 e. The lowest BCUT2D eigenvalue weighted by Gasteiger charge is -2.33. The normalized spacial score (nSPS) is 15.5. The van der Waals surface area contributed by atoms with E-state index in [-0.39, 0.29) is 17.9 Å². The Kier molecular flexibility index (Phi) is 5.59. The molecule has 0 N–H and O–H groups in total. The zero-order valence-corrected chi connectivity index (χ0v) is 17.4. The van der Waals surface area contributed by atoms with Crippen molar-refractivity contribution in [1.29, 1.82) is 0 Å². The van der Waals surface area contributed by atoms with E-state index in [0.717, 1.165) is 35.1 Å². The molecule has 1 aliphatic heterocycles. The summed E-state index contributed by atoms with van der Waals surface area (Å²) in [6.07, 6.45) is 5.39. The SMILES string of the molecule is CC(=O)c1ccc(-c2cnn(C3CCN(C(=O)OC(C)(C)C)CC3)c2)c(C)c1. The third kappa shape index (κ3) is 4.61. The van der Waals surface area contributed by atoms with Crippen molar-refractivity contribution in [3.63, 3.8) is 0 Å². The maximum absolute atomic E-state index is 12.2. The second-order valence-electron chi connectivity index (χ2n) is 8.49. The predicted molar refractivity (Wildman–Crippen MR) is 108 cm³/mol. The molecule has 0 bridgehead atoms. The van der Waals surface area contributed by atoms with Gasteiger partial charge in [0, 0.05) is 30.4 Å². The number of hydrogen-bond donors (Lipinski definition) is 0. The van der Waals surface area contributed by atoms with Crippen LogP contribution < -0.4 is 0 Å². The number of amides is 1. The number of piperidine rings is 1. The van der Waals surface area contributed by atoms with Gasteiger partial charge in [0.05, 0.1) is 12.2 Å². The van der Waals surface area contributed by atoms with Crippen LogP contribution in [0.3, 0.4) is 0 Å². The quantitative estimate of drug-likeness (QED) is 0.725. The number of rotatable bonds is 3. The molecule has 0 saturated carbocycles. The van der Waals surface area contributed by atoms with Crippen molar-refractivity contribution in [2.24, 2.45) is 0 Å². The standard InChI is InChI=1S/C22H29N3O3/c1-15-12-17(16(2)26)6-7-20(15)18-13-23-25(14-18)19-8-10-24(11-9-19)21(27)28-22(3,4)5/h6-7,12-14,19H,8-11H2,1-5H3. The van der Waals surface area contributed by atoms with Gasteiger partial charge < -0.3 is 9.64 Å². The molecule has 3 rings (SSSR count). The average molecular weight is 383 g/mol. The van der Waals surface area contributed by atoms with Crippen molar-refractivity contribution in [1.82, 2.24) is 14.7 Å². The summed E-state index contributed by atoms with van der Waals surface area (Å²) in [6.45, 7) is 10.6. The third-order valence-corrected chi connectivity index (χ3v) is 5.04. The highest BCUT2D eigenvalue weighted by atomic mass is 16.6. The van der Waals surface area contributed by atoms with Gasteiger partial charge in [-0.05, 0) is 64.7 Å². The number of Topliss-reactive ketones (excluding diaryl/α,β-unsaturated/α-hetero) is 1. The molecule has 1 aromatic carbocycles. The zero-order chi connectivity index (χ0) is 20.5. The van der Waals surface area contributed by atoms with Crippen molar-refractivity contribution in [2.75, 3.05) is 13.1 Å². The van der Waals surface area contributed by atoms with Crippen LogP contribution in [0.1, 0.15) is 62.5 Å². The first-order valence-electron chi connectivity index (χ1n) is 9.78. The van der Waals surface area contributed by atoms with Crippen LogP contribution in [-0.2, 0) is 4.74 Å². The van der Waals surface area contributed by atoms with E-state index in [0.29, 0.717) is 13.1 Å². The Morgan fingerprint density at radius 3 is 2.43 bits per heavy atom. The Labute approximate surface area is 166 Å². The van der Waals surface area contributed by atoms with Gasteiger partial charge in [-0.3, -0.25) is 9.48 Å². The van der Waals surface area contributed by atoms with Crippen molar-refractivity contribution < 1.29 is 14.3 Å². The topological polar surface area (TPSA) is 64.4 Å². The molecule has 0 atom stereocenters. The van der Waals surface area contributed by atoms with Gasteiger partial charge in [-0.1, -0.05) is 12.1 Å². The molecule has 0 unspecified atom stereocenters. The Bertz CT molecular complexity index is 871. The number of ketones is 1. The van der Waals surface area contributed by atoms with Crippen molar-refractivity contribution >= 4 is 11.9 Å². The van der Waals surface area contributed by atoms with Gasteiger partial charge in [0.15, 0.2) is 5.78 Å². The molecule has 0 spiro atoms. The van der Waals surface area contributed by atoms with Crippen molar-refractivity contribution in [3.8, 4) is 11.1 Å². The van der Waals surface area contributed by atoms with Crippen LogP contribution >= 0.6 is 0 Å². The van der Waals surface area contributed by atoms with E-state index in [1.165, 1.54) is 0 Å². The van der Waals surface area contributed by atoms with Crippen LogP contribution in [0.5, 0.6) is 0 Å². The van der Waals surface area contributed by atoms with Crippen molar-refractivity contribution in [3.05, 3.63) is 41.7 Å². The van der Waals surface area contributed by atoms with E-state index in [1.54, 1.807) is 11.8 Å². The Morgan fingerprint density at radius 2 is 1.86 bits per heavy atom. The van der Waals surface area contributed by atoms with Gasteiger partial charge in [0.1, 0.15) is 5.60 Å². The summed E-state index contributed by atoms with van der Waals surface area (Å²) < 4.78 is 7.46. The molecule has 28 heavy (non-hydrogen) atoms. The van der Waals surface area contributed by atoms with E-state index in [1.807, 2.05) is 56.8 Å². The van der Waals surface area contributed by atoms with Crippen LogP contribution in [0.4, 0.5) is 4.79 Å². The van der Waals surface area contributed by atoms with Crippen LogP contribution in [-0.4, -0.2) is 45.2 Å². The molecule has 0 radical (unpaired) electrons. The number of carbonyl (C=O) groups excluding carboxylic acids is 2.